The normalized spacial score (nSPS) is 22.3. The van der Waals surface area contributed by atoms with Crippen LogP contribution in [0.5, 0.6) is 0 Å². The molecule has 31 heavy (non-hydrogen) atoms. The van der Waals surface area contributed by atoms with Crippen LogP contribution in [0.15, 0.2) is 54.9 Å². The van der Waals surface area contributed by atoms with Crippen LogP contribution in [0.3, 0.4) is 0 Å². The van der Waals surface area contributed by atoms with E-state index >= 15 is 0 Å². The third kappa shape index (κ3) is 4.49. The van der Waals surface area contributed by atoms with E-state index in [-0.39, 0.29) is 23.1 Å². The van der Waals surface area contributed by atoms with Crippen LogP contribution in [0, 0.1) is 17.3 Å². The Bertz CT molecular complexity index is 923. The molecule has 6 heteroatoms. The van der Waals surface area contributed by atoms with Gasteiger partial charge in [0.05, 0.1) is 12.3 Å². The Hall–Kier alpha value is -2.73. The highest BCUT2D eigenvalue weighted by Gasteiger charge is 2.57. The number of pyridine rings is 1. The van der Waals surface area contributed by atoms with Gasteiger partial charge in [-0.3, -0.25) is 19.5 Å². The number of amides is 2. The first-order chi connectivity index (χ1) is 15.1. The van der Waals surface area contributed by atoms with Crippen molar-refractivity contribution >= 4 is 11.8 Å². The van der Waals surface area contributed by atoms with E-state index in [1.165, 1.54) is 18.4 Å². The average Bonchev–Trinajstić information content (AvgIpc) is 3.51. The van der Waals surface area contributed by atoms with Crippen LogP contribution in [0.2, 0.25) is 0 Å². The maximum absolute atomic E-state index is 13.1. The summed E-state index contributed by atoms with van der Waals surface area (Å²) < 4.78 is 0. The van der Waals surface area contributed by atoms with Crippen molar-refractivity contribution in [1.82, 2.24) is 20.1 Å². The Balaban J connectivity index is 1.25. The summed E-state index contributed by atoms with van der Waals surface area (Å²) in [7, 11) is 0. The highest BCUT2D eigenvalue weighted by atomic mass is 16.2. The van der Waals surface area contributed by atoms with E-state index in [0.29, 0.717) is 25.4 Å². The second-order valence-electron chi connectivity index (χ2n) is 9.54. The lowest BCUT2D eigenvalue weighted by Gasteiger charge is -2.50. The molecule has 3 heterocycles. The van der Waals surface area contributed by atoms with Crippen LogP contribution in [-0.4, -0.2) is 59.3 Å². The van der Waals surface area contributed by atoms with Gasteiger partial charge in [0.25, 0.3) is 0 Å². The number of aromatic nitrogens is 1. The summed E-state index contributed by atoms with van der Waals surface area (Å²) in [5.74, 6) is 0.917. The predicted molar refractivity (Wildman–Crippen MR) is 118 cm³/mol. The van der Waals surface area contributed by atoms with Crippen molar-refractivity contribution in [3.8, 4) is 0 Å². The number of carbonyl (C=O) groups excluding carboxylic acids is 2. The smallest absolute Gasteiger partial charge is 0.227 e. The molecule has 1 N–H and O–H groups in total. The van der Waals surface area contributed by atoms with Gasteiger partial charge in [-0.2, -0.15) is 0 Å². The number of benzene rings is 1. The molecule has 0 bridgehead atoms. The minimum atomic E-state index is -0.129. The Morgan fingerprint density at radius 3 is 2.45 bits per heavy atom. The molecular weight excluding hydrogens is 388 g/mol. The third-order valence-corrected chi connectivity index (χ3v) is 7.01. The van der Waals surface area contributed by atoms with Crippen LogP contribution >= 0.6 is 0 Å². The van der Waals surface area contributed by atoms with Gasteiger partial charge in [-0.1, -0.05) is 30.3 Å². The maximum Gasteiger partial charge on any atom is 0.227 e. The number of hydrogen-bond acceptors (Lipinski definition) is 4. The van der Waals surface area contributed by atoms with E-state index in [9.17, 15) is 9.59 Å². The Labute approximate surface area is 183 Å². The van der Waals surface area contributed by atoms with Crippen LogP contribution in [0.4, 0.5) is 0 Å². The molecule has 2 aliphatic heterocycles. The Morgan fingerprint density at radius 2 is 1.74 bits per heavy atom. The number of carbonyl (C=O) groups is 2. The van der Waals surface area contributed by atoms with Gasteiger partial charge in [0.15, 0.2) is 0 Å². The molecule has 2 aromatic rings. The number of hydrogen-bond donors (Lipinski definition) is 1. The van der Waals surface area contributed by atoms with Crippen molar-refractivity contribution in [2.24, 2.45) is 17.3 Å². The summed E-state index contributed by atoms with van der Waals surface area (Å²) >= 11 is 0. The molecular formula is C25H30N4O2. The zero-order valence-electron chi connectivity index (χ0n) is 17.9. The second-order valence-corrected chi connectivity index (χ2v) is 9.54. The molecule has 162 valence electrons. The molecule has 1 aliphatic carbocycles. The zero-order valence-corrected chi connectivity index (χ0v) is 17.9. The summed E-state index contributed by atoms with van der Waals surface area (Å²) in [6, 6.07) is 14.2. The topological polar surface area (TPSA) is 65.5 Å². The zero-order chi connectivity index (χ0) is 21.3. The van der Waals surface area contributed by atoms with E-state index in [0.717, 1.165) is 31.7 Å². The largest absolute Gasteiger partial charge is 0.356 e. The van der Waals surface area contributed by atoms with Gasteiger partial charge in [-0.05, 0) is 42.0 Å². The van der Waals surface area contributed by atoms with Crippen LogP contribution in [0.25, 0.3) is 0 Å². The van der Waals surface area contributed by atoms with E-state index in [2.05, 4.69) is 39.5 Å². The monoisotopic (exact) mass is 418 g/mol. The molecule has 1 unspecified atom stereocenters. The fraction of sp³-hybridized carbons (Fsp3) is 0.480. The lowest BCUT2D eigenvalue weighted by atomic mass is 9.71. The predicted octanol–water partition coefficient (Wildman–Crippen LogP) is 2.11. The fourth-order valence-corrected chi connectivity index (χ4v) is 5.08. The molecule has 2 amide bonds. The minimum absolute atomic E-state index is 0.0556. The van der Waals surface area contributed by atoms with E-state index in [4.69, 9.17) is 0 Å². The first-order valence-corrected chi connectivity index (χ1v) is 11.3. The lowest BCUT2D eigenvalue weighted by molar-refractivity contribution is -0.149. The van der Waals surface area contributed by atoms with Crippen LogP contribution < -0.4 is 5.32 Å². The lowest BCUT2D eigenvalue weighted by Crippen LogP contribution is -2.64. The van der Waals surface area contributed by atoms with E-state index < -0.39 is 0 Å². The number of rotatable bonds is 7. The van der Waals surface area contributed by atoms with Crippen molar-refractivity contribution in [2.45, 2.75) is 25.8 Å². The summed E-state index contributed by atoms with van der Waals surface area (Å²) in [5, 5.41) is 3.20. The quantitative estimate of drug-likeness (QED) is 0.748. The summed E-state index contributed by atoms with van der Waals surface area (Å²) in [5.41, 5.74) is 2.12. The minimum Gasteiger partial charge on any atom is -0.356 e. The van der Waals surface area contributed by atoms with Crippen molar-refractivity contribution < 1.29 is 9.59 Å². The number of nitrogens with one attached hydrogen (secondary N) is 1. The van der Waals surface area contributed by atoms with Crippen molar-refractivity contribution in [1.29, 1.82) is 0 Å². The number of nitrogens with zero attached hydrogens (tertiary/aromatic N) is 3. The molecule has 3 fully saturated rings. The van der Waals surface area contributed by atoms with Gasteiger partial charge >= 0.3 is 0 Å². The average molecular weight is 419 g/mol. The van der Waals surface area contributed by atoms with Crippen molar-refractivity contribution in [3.63, 3.8) is 0 Å². The van der Waals surface area contributed by atoms with E-state index in [1.807, 2.05) is 23.1 Å². The molecule has 1 aromatic carbocycles. The van der Waals surface area contributed by atoms with Gasteiger partial charge in [-0.15, -0.1) is 0 Å². The SMILES string of the molecule is O=C(NCC1CC1)C1CN(Cc2ccccc2)CC12CN(C(=O)Cc1ccncc1)C2. The first kappa shape index (κ1) is 20.2. The van der Waals surface area contributed by atoms with E-state index in [1.54, 1.807) is 12.4 Å². The van der Waals surface area contributed by atoms with Crippen LogP contribution in [-0.2, 0) is 22.6 Å². The van der Waals surface area contributed by atoms with Gasteiger partial charge in [0, 0.05) is 57.1 Å². The molecule has 0 radical (unpaired) electrons. The molecule has 1 spiro atoms. The first-order valence-electron chi connectivity index (χ1n) is 11.3. The van der Waals surface area contributed by atoms with Crippen molar-refractivity contribution in [2.75, 3.05) is 32.7 Å². The number of likely N-dealkylation sites (tertiary alicyclic amines) is 2. The summed E-state index contributed by atoms with van der Waals surface area (Å²) in [4.78, 5) is 34.2. The maximum atomic E-state index is 13.1. The fourth-order valence-electron chi connectivity index (χ4n) is 5.08. The summed E-state index contributed by atoms with van der Waals surface area (Å²) in [6.07, 6.45) is 6.30. The molecule has 1 saturated carbocycles. The van der Waals surface area contributed by atoms with Gasteiger partial charge in [-0.25, -0.2) is 0 Å². The van der Waals surface area contributed by atoms with Gasteiger partial charge < -0.3 is 10.2 Å². The van der Waals surface area contributed by atoms with Gasteiger partial charge in [0.2, 0.25) is 11.8 Å². The molecule has 1 atom stereocenters. The Morgan fingerprint density at radius 1 is 1.00 bits per heavy atom. The third-order valence-electron chi connectivity index (χ3n) is 7.01. The molecule has 6 nitrogen and oxygen atoms in total. The van der Waals surface area contributed by atoms with Crippen molar-refractivity contribution in [3.05, 3.63) is 66.0 Å². The summed E-state index contributed by atoms with van der Waals surface area (Å²) in [6.45, 7) is 4.61. The standard InChI is InChI=1S/C25H30N4O2/c30-23(12-19-8-10-26-11-9-19)29-17-25(18-29)16-28(14-21-4-2-1-3-5-21)15-22(25)24(31)27-13-20-6-7-20/h1-5,8-11,20,22H,6-7,12-18H2,(H,27,31). The molecule has 1 aromatic heterocycles. The highest BCUT2D eigenvalue weighted by molar-refractivity contribution is 5.83. The molecule has 5 rings (SSSR count). The van der Waals surface area contributed by atoms with Crippen LogP contribution in [0.1, 0.15) is 24.0 Å². The molecule has 3 aliphatic rings. The molecule has 2 saturated heterocycles. The second kappa shape index (κ2) is 8.42. The Kier molecular flexibility index (Phi) is 5.48. The van der Waals surface area contributed by atoms with Gasteiger partial charge in [0.1, 0.15) is 0 Å². The highest BCUT2D eigenvalue weighted by Crippen LogP contribution is 2.45.